The summed E-state index contributed by atoms with van der Waals surface area (Å²) >= 11 is 1.86. The minimum absolute atomic E-state index is 0.803. The first-order valence-corrected chi connectivity index (χ1v) is 10.4. The Kier molecular flexibility index (Phi) is 2.88. The summed E-state index contributed by atoms with van der Waals surface area (Å²) in [6.07, 6.45) is 1.52. The zero-order valence-corrected chi connectivity index (χ0v) is 16.1. The van der Waals surface area contributed by atoms with Crippen LogP contribution in [0.4, 0.5) is 0 Å². The molecule has 4 aromatic carbocycles. The molecule has 3 nitrogen and oxygen atoms in total. The maximum Gasteiger partial charge on any atom is 0.182 e. The highest BCUT2D eigenvalue weighted by Gasteiger charge is 2.19. The molecule has 0 radical (unpaired) electrons. The van der Waals surface area contributed by atoms with Gasteiger partial charge >= 0.3 is 0 Å². The highest BCUT2D eigenvalue weighted by Crippen LogP contribution is 2.43. The number of hydrogen-bond acceptors (Lipinski definition) is 3. The molecule has 4 heteroatoms. The van der Waals surface area contributed by atoms with E-state index in [4.69, 9.17) is 4.42 Å². The van der Waals surface area contributed by atoms with Crippen LogP contribution in [0.1, 0.15) is 0 Å². The number of oxazole rings is 1. The third-order valence-electron chi connectivity index (χ3n) is 5.76. The molecule has 0 aliphatic heterocycles. The molecule has 0 saturated carbocycles. The Balaban J connectivity index is 1.79. The standard InChI is InChI=1S/C25H14N2OS/c1-3-8-19-15(6-1)17-12-13-18-16-7-2-4-11-22(16)29-25(18)24(17)27(19)20-9-5-10-21-23(20)26-14-28-21/h1-14H. The van der Waals surface area contributed by atoms with Crippen molar-refractivity contribution in [3.05, 3.63) is 85.3 Å². The normalized spacial score (nSPS) is 12.1. The molecule has 0 aliphatic rings. The van der Waals surface area contributed by atoms with Gasteiger partial charge in [0.05, 0.1) is 21.4 Å². The summed E-state index contributed by atoms with van der Waals surface area (Å²) in [5, 5.41) is 5.13. The van der Waals surface area contributed by atoms with E-state index in [2.05, 4.69) is 76.3 Å². The van der Waals surface area contributed by atoms with Gasteiger partial charge in [-0.25, -0.2) is 4.98 Å². The quantitative estimate of drug-likeness (QED) is 0.295. The molecule has 0 fully saturated rings. The van der Waals surface area contributed by atoms with Gasteiger partial charge in [0.2, 0.25) is 0 Å². The largest absolute Gasteiger partial charge is 0.443 e. The van der Waals surface area contributed by atoms with Gasteiger partial charge < -0.3 is 8.98 Å². The average molecular weight is 390 g/mol. The second-order valence-corrected chi connectivity index (χ2v) is 8.32. The van der Waals surface area contributed by atoms with E-state index in [1.54, 1.807) is 0 Å². The lowest BCUT2D eigenvalue weighted by atomic mass is 10.1. The lowest BCUT2D eigenvalue weighted by molar-refractivity contribution is 0.602. The highest BCUT2D eigenvalue weighted by molar-refractivity contribution is 7.26. The van der Waals surface area contributed by atoms with Crippen molar-refractivity contribution in [1.29, 1.82) is 0 Å². The van der Waals surface area contributed by atoms with Crippen molar-refractivity contribution in [2.75, 3.05) is 0 Å². The van der Waals surface area contributed by atoms with Gasteiger partial charge in [0.25, 0.3) is 0 Å². The van der Waals surface area contributed by atoms with Crippen molar-refractivity contribution in [3.63, 3.8) is 0 Å². The summed E-state index contributed by atoms with van der Waals surface area (Å²) in [5.74, 6) is 0. The van der Waals surface area contributed by atoms with Crippen LogP contribution in [0.25, 0.3) is 58.8 Å². The lowest BCUT2D eigenvalue weighted by Crippen LogP contribution is -1.95. The summed E-state index contributed by atoms with van der Waals surface area (Å²) < 4.78 is 10.6. The molecule has 29 heavy (non-hydrogen) atoms. The van der Waals surface area contributed by atoms with Crippen molar-refractivity contribution in [2.24, 2.45) is 0 Å². The first kappa shape index (κ1) is 15.3. The monoisotopic (exact) mass is 390 g/mol. The summed E-state index contributed by atoms with van der Waals surface area (Å²) in [5.41, 5.74) is 5.15. The number of aromatic nitrogens is 2. The van der Waals surface area contributed by atoms with Crippen LogP contribution in [0.3, 0.4) is 0 Å². The van der Waals surface area contributed by atoms with Gasteiger partial charge in [0, 0.05) is 26.2 Å². The Labute approximate surface area is 169 Å². The number of thiophene rings is 1. The van der Waals surface area contributed by atoms with E-state index in [1.807, 2.05) is 23.5 Å². The van der Waals surface area contributed by atoms with Crippen LogP contribution in [0.5, 0.6) is 0 Å². The molecule has 3 aromatic heterocycles. The van der Waals surface area contributed by atoms with Gasteiger partial charge in [0.1, 0.15) is 5.52 Å². The fraction of sp³-hybridized carbons (Fsp3) is 0. The van der Waals surface area contributed by atoms with E-state index in [9.17, 15) is 0 Å². The van der Waals surface area contributed by atoms with Gasteiger partial charge in [0.15, 0.2) is 12.0 Å². The van der Waals surface area contributed by atoms with Gasteiger partial charge in [-0.3, -0.25) is 0 Å². The number of para-hydroxylation sites is 2. The molecular weight excluding hydrogens is 376 g/mol. The van der Waals surface area contributed by atoms with Crippen molar-refractivity contribution >= 4 is 64.4 Å². The smallest absolute Gasteiger partial charge is 0.182 e. The van der Waals surface area contributed by atoms with Crippen LogP contribution in [0.2, 0.25) is 0 Å². The van der Waals surface area contributed by atoms with Crippen LogP contribution in [-0.2, 0) is 0 Å². The Morgan fingerprint density at radius 2 is 1.55 bits per heavy atom. The number of hydrogen-bond donors (Lipinski definition) is 0. The maximum atomic E-state index is 5.59. The Morgan fingerprint density at radius 1 is 0.724 bits per heavy atom. The van der Waals surface area contributed by atoms with Crippen LogP contribution in [-0.4, -0.2) is 9.55 Å². The minimum atomic E-state index is 0.803. The summed E-state index contributed by atoms with van der Waals surface area (Å²) in [6.45, 7) is 0. The zero-order chi connectivity index (χ0) is 18.9. The molecule has 0 spiro atoms. The van der Waals surface area contributed by atoms with Gasteiger partial charge in [-0.1, -0.05) is 54.6 Å². The van der Waals surface area contributed by atoms with E-state index in [1.165, 1.54) is 48.4 Å². The number of nitrogens with zero attached hydrogens (tertiary/aromatic N) is 2. The van der Waals surface area contributed by atoms with Crippen molar-refractivity contribution < 1.29 is 4.42 Å². The number of rotatable bonds is 1. The highest BCUT2D eigenvalue weighted by atomic mass is 32.1. The number of benzene rings is 4. The van der Waals surface area contributed by atoms with Crippen LogP contribution in [0, 0.1) is 0 Å². The molecule has 136 valence electrons. The minimum Gasteiger partial charge on any atom is -0.443 e. The predicted molar refractivity (Wildman–Crippen MR) is 121 cm³/mol. The first-order chi connectivity index (χ1) is 14.4. The fourth-order valence-electron chi connectivity index (χ4n) is 4.53. The van der Waals surface area contributed by atoms with Crippen molar-refractivity contribution in [3.8, 4) is 5.69 Å². The topological polar surface area (TPSA) is 31.0 Å². The molecule has 0 unspecified atom stereocenters. The average Bonchev–Trinajstić information content (AvgIpc) is 3.47. The molecular formula is C25H14N2OS. The molecule has 7 rings (SSSR count). The maximum absolute atomic E-state index is 5.59. The first-order valence-electron chi connectivity index (χ1n) is 9.56. The van der Waals surface area contributed by atoms with E-state index in [0.29, 0.717) is 0 Å². The predicted octanol–water partition coefficient (Wildman–Crippen LogP) is 7.29. The van der Waals surface area contributed by atoms with Gasteiger partial charge in [-0.05, 0) is 24.3 Å². The second kappa shape index (κ2) is 5.46. The SMILES string of the molecule is c1cc(-n2c3ccccc3c3ccc4c5ccccc5sc4c32)c2ncoc2c1. The Bertz CT molecular complexity index is 1720. The molecule has 0 bridgehead atoms. The second-order valence-electron chi connectivity index (χ2n) is 7.27. The molecule has 0 saturated heterocycles. The fourth-order valence-corrected chi connectivity index (χ4v) is 5.77. The molecule has 0 amide bonds. The third-order valence-corrected chi connectivity index (χ3v) is 6.95. The van der Waals surface area contributed by atoms with Gasteiger partial charge in [-0.2, -0.15) is 0 Å². The van der Waals surface area contributed by atoms with E-state index in [0.717, 1.165) is 16.8 Å². The molecule has 0 atom stereocenters. The van der Waals surface area contributed by atoms with Crippen LogP contribution in [0.15, 0.2) is 89.7 Å². The molecule has 0 N–H and O–H groups in total. The molecule has 0 aliphatic carbocycles. The van der Waals surface area contributed by atoms with Crippen LogP contribution >= 0.6 is 11.3 Å². The summed E-state index contributed by atoms with van der Waals surface area (Å²) in [4.78, 5) is 4.53. The van der Waals surface area contributed by atoms with Gasteiger partial charge in [-0.15, -0.1) is 11.3 Å². The van der Waals surface area contributed by atoms with E-state index in [-0.39, 0.29) is 0 Å². The van der Waals surface area contributed by atoms with E-state index < -0.39 is 0 Å². The third kappa shape index (κ3) is 1.94. The van der Waals surface area contributed by atoms with Crippen molar-refractivity contribution in [1.82, 2.24) is 9.55 Å². The zero-order valence-electron chi connectivity index (χ0n) is 15.3. The van der Waals surface area contributed by atoms with E-state index >= 15 is 0 Å². The molecule has 3 heterocycles. The van der Waals surface area contributed by atoms with Crippen molar-refractivity contribution in [2.45, 2.75) is 0 Å². The lowest BCUT2D eigenvalue weighted by Gasteiger charge is -2.08. The Hall–Kier alpha value is -3.63. The summed E-state index contributed by atoms with van der Waals surface area (Å²) in [6, 6.07) is 27.9. The number of fused-ring (bicyclic) bond motifs is 8. The Morgan fingerprint density at radius 3 is 2.52 bits per heavy atom. The molecule has 7 aromatic rings. The summed E-state index contributed by atoms with van der Waals surface area (Å²) in [7, 11) is 0. The van der Waals surface area contributed by atoms with Crippen LogP contribution < -0.4 is 0 Å².